The number of phenolic OH excluding ortho intramolecular Hbond substituents is 1. The Morgan fingerprint density at radius 3 is 2.42 bits per heavy atom. The first-order valence-electron chi connectivity index (χ1n) is 7.71. The van der Waals surface area contributed by atoms with Gasteiger partial charge in [0.25, 0.3) is 5.91 Å². The van der Waals surface area contributed by atoms with Gasteiger partial charge < -0.3 is 20.8 Å². The van der Waals surface area contributed by atoms with Crippen LogP contribution in [0.15, 0.2) is 18.2 Å². The van der Waals surface area contributed by atoms with Gasteiger partial charge in [-0.05, 0) is 44.9 Å². The van der Waals surface area contributed by atoms with Crippen molar-refractivity contribution in [3.8, 4) is 5.75 Å². The molecule has 24 heavy (non-hydrogen) atoms. The summed E-state index contributed by atoms with van der Waals surface area (Å²) < 4.78 is 0. The van der Waals surface area contributed by atoms with Crippen LogP contribution in [0.4, 0.5) is 0 Å². The minimum atomic E-state index is -0.914. The number of carboxylic acids is 1. The zero-order valence-corrected chi connectivity index (χ0v) is 14.2. The van der Waals surface area contributed by atoms with Gasteiger partial charge in [-0.2, -0.15) is 0 Å². The normalized spacial score (nSPS) is 11.0. The molecule has 0 unspecified atom stereocenters. The topological polar surface area (TPSA) is 116 Å². The number of carboxylic acid groups (broad SMARTS) is 1. The molecule has 0 aliphatic heterocycles. The summed E-state index contributed by atoms with van der Waals surface area (Å²) in [6.07, 6.45) is 0.350. The summed E-state index contributed by atoms with van der Waals surface area (Å²) in [6, 6.07) is 4.73. The van der Waals surface area contributed by atoms with Crippen molar-refractivity contribution in [1.82, 2.24) is 10.6 Å². The maximum atomic E-state index is 12.0. The van der Waals surface area contributed by atoms with E-state index in [-0.39, 0.29) is 36.6 Å². The molecule has 0 fully saturated rings. The monoisotopic (exact) mass is 336 g/mol. The fourth-order valence-electron chi connectivity index (χ4n) is 2.14. The minimum Gasteiger partial charge on any atom is -0.507 e. The van der Waals surface area contributed by atoms with Crippen LogP contribution >= 0.6 is 0 Å². The van der Waals surface area contributed by atoms with E-state index < -0.39 is 17.4 Å². The summed E-state index contributed by atoms with van der Waals surface area (Å²) in [5.74, 6) is -1.75. The number of hydrogen-bond acceptors (Lipinski definition) is 4. The number of hydrogen-bond donors (Lipinski definition) is 4. The van der Waals surface area contributed by atoms with Crippen LogP contribution < -0.4 is 10.6 Å². The van der Waals surface area contributed by atoms with E-state index in [2.05, 4.69) is 10.6 Å². The highest BCUT2D eigenvalue weighted by Gasteiger charge is 2.21. The van der Waals surface area contributed by atoms with Gasteiger partial charge in [0, 0.05) is 24.9 Å². The van der Waals surface area contributed by atoms with E-state index in [4.69, 9.17) is 5.11 Å². The maximum absolute atomic E-state index is 12.0. The molecule has 0 aliphatic rings. The molecule has 0 aromatic heterocycles. The summed E-state index contributed by atoms with van der Waals surface area (Å²) >= 11 is 0. The zero-order chi connectivity index (χ0) is 18.3. The molecule has 0 saturated carbocycles. The first-order chi connectivity index (χ1) is 11.1. The fourth-order valence-corrected chi connectivity index (χ4v) is 2.14. The number of aliphatic carboxylic acids is 1. The summed E-state index contributed by atoms with van der Waals surface area (Å²) in [5, 5.41) is 23.7. The average Bonchev–Trinajstić information content (AvgIpc) is 2.44. The molecule has 0 radical (unpaired) electrons. The van der Waals surface area contributed by atoms with Gasteiger partial charge >= 0.3 is 5.97 Å². The predicted octanol–water partition coefficient (Wildman–Crippen LogP) is 1.58. The van der Waals surface area contributed by atoms with Crippen LogP contribution in [-0.2, 0) is 9.59 Å². The van der Waals surface area contributed by atoms with Crippen LogP contribution in [0.3, 0.4) is 0 Å². The van der Waals surface area contributed by atoms with Crippen LogP contribution in [0.1, 0.15) is 49.0 Å². The Bertz CT molecular complexity index is 625. The Labute approximate surface area is 141 Å². The summed E-state index contributed by atoms with van der Waals surface area (Å²) in [5.41, 5.74) is 0.365. The highest BCUT2D eigenvalue weighted by Crippen LogP contribution is 2.18. The smallest absolute Gasteiger partial charge is 0.303 e. The Balaban J connectivity index is 2.42. The number of carbonyl (C=O) groups excluding carboxylic acids is 2. The van der Waals surface area contributed by atoms with E-state index in [1.807, 2.05) is 0 Å². The van der Waals surface area contributed by atoms with Crippen molar-refractivity contribution in [2.75, 3.05) is 6.54 Å². The first kappa shape index (κ1) is 19.5. The van der Waals surface area contributed by atoms with Gasteiger partial charge in [-0.1, -0.05) is 6.07 Å². The Hall–Kier alpha value is -2.57. The molecule has 0 heterocycles. The van der Waals surface area contributed by atoms with Gasteiger partial charge in [0.15, 0.2) is 0 Å². The maximum Gasteiger partial charge on any atom is 0.303 e. The van der Waals surface area contributed by atoms with Gasteiger partial charge in [-0.25, -0.2) is 0 Å². The van der Waals surface area contributed by atoms with E-state index in [9.17, 15) is 19.5 Å². The molecule has 2 amide bonds. The number of carbonyl (C=O) groups is 3. The van der Waals surface area contributed by atoms with Gasteiger partial charge in [0.2, 0.25) is 5.91 Å². The molecule has 0 atom stereocenters. The second kappa shape index (κ2) is 8.33. The van der Waals surface area contributed by atoms with Crippen LogP contribution in [-0.4, -0.2) is 40.1 Å². The average molecular weight is 336 g/mol. The van der Waals surface area contributed by atoms with Crippen LogP contribution in [0.25, 0.3) is 0 Å². The molecule has 1 aromatic rings. The van der Waals surface area contributed by atoms with Gasteiger partial charge in [0.1, 0.15) is 5.75 Å². The van der Waals surface area contributed by atoms with E-state index in [0.717, 1.165) is 5.56 Å². The highest BCUT2D eigenvalue weighted by molar-refractivity contribution is 5.97. The lowest BCUT2D eigenvalue weighted by Crippen LogP contribution is -2.44. The molecular formula is C17H24N2O5. The molecular weight excluding hydrogens is 312 g/mol. The third kappa shape index (κ3) is 6.68. The lowest BCUT2D eigenvalue weighted by Gasteiger charge is -2.25. The second-order valence-electron chi connectivity index (χ2n) is 6.35. The number of nitrogens with one attached hydrogen (secondary N) is 2. The van der Waals surface area contributed by atoms with Crippen molar-refractivity contribution in [3.63, 3.8) is 0 Å². The highest BCUT2D eigenvalue weighted by atomic mass is 16.4. The number of amides is 2. The number of rotatable bonds is 8. The quantitative estimate of drug-likeness (QED) is 0.575. The van der Waals surface area contributed by atoms with Crippen LogP contribution in [0.5, 0.6) is 5.75 Å². The lowest BCUT2D eigenvalue weighted by molar-refractivity contribution is -0.137. The van der Waals surface area contributed by atoms with Crippen molar-refractivity contribution >= 4 is 17.8 Å². The Kier molecular flexibility index (Phi) is 6.76. The molecule has 0 saturated heterocycles. The molecule has 0 aliphatic carbocycles. The van der Waals surface area contributed by atoms with Crippen molar-refractivity contribution in [2.24, 2.45) is 0 Å². The van der Waals surface area contributed by atoms with Crippen molar-refractivity contribution in [3.05, 3.63) is 29.3 Å². The van der Waals surface area contributed by atoms with Crippen molar-refractivity contribution in [2.45, 2.75) is 45.6 Å². The number of benzene rings is 1. The second-order valence-corrected chi connectivity index (χ2v) is 6.35. The molecule has 7 heteroatoms. The van der Waals surface area contributed by atoms with Crippen LogP contribution in [0, 0.1) is 6.92 Å². The minimum absolute atomic E-state index is 0.0310. The third-order valence-electron chi connectivity index (χ3n) is 3.48. The molecule has 1 aromatic carbocycles. The molecule has 4 N–H and O–H groups in total. The van der Waals surface area contributed by atoms with Gasteiger partial charge in [-0.15, -0.1) is 0 Å². The fraction of sp³-hybridized carbons (Fsp3) is 0.471. The SMILES string of the molecule is Cc1ccc(C(=O)NCCC(=O)NC(C)(C)CCC(=O)O)c(O)c1. The van der Waals surface area contributed by atoms with Gasteiger partial charge in [-0.3, -0.25) is 14.4 Å². The molecule has 1 rings (SSSR count). The lowest BCUT2D eigenvalue weighted by atomic mass is 9.98. The summed E-state index contributed by atoms with van der Waals surface area (Å²) in [6.45, 7) is 5.42. The van der Waals surface area contributed by atoms with Gasteiger partial charge in [0.05, 0.1) is 5.56 Å². The molecule has 0 spiro atoms. The zero-order valence-electron chi connectivity index (χ0n) is 14.2. The van der Waals surface area contributed by atoms with E-state index >= 15 is 0 Å². The van der Waals surface area contributed by atoms with Crippen molar-refractivity contribution < 1.29 is 24.6 Å². The van der Waals surface area contributed by atoms with E-state index in [1.165, 1.54) is 12.1 Å². The van der Waals surface area contributed by atoms with E-state index in [0.29, 0.717) is 6.42 Å². The number of phenols is 1. The number of aryl methyl sites for hydroxylation is 1. The summed E-state index contributed by atoms with van der Waals surface area (Å²) in [7, 11) is 0. The van der Waals surface area contributed by atoms with E-state index in [1.54, 1.807) is 26.8 Å². The Morgan fingerprint density at radius 1 is 1.17 bits per heavy atom. The Morgan fingerprint density at radius 2 is 1.83 bits per heavy atom. The third-order valence-corrected chi connectivity index (χ3v) is 3.48. The van der Waals surface area contributed by atoms with Crippen molar-refractivity contribution in [1.29, 1.82) is 0 Å². The molecule has 0 bridgehead atoms. The summed E-state index contributed by atoms with van der Waals surface area (Å²) in [4.78, 5) is 34.4. The number of aromatic hydroxyl groups is 1. The van der Waals surface area contributed by atoms with Crippen LogP contribution in [0.2, 0.25) is 0 Å². The predicted molar refractivity (Wildman–Crippen MR) is 88.9 cm³/mol. The first-order valence-corrected chi connectivity index (χ1v) is 7.71. The standard InChI is InChI=1S/C17H24N2O5/c1-11-4-5-12(13(20)10-11)16(24)18-9-7-14(21)19-17(2,3)8-6-15(22)23/h4-5,10,20H,6-9H2,1-3H3,(H,18,24)(H,19,21)(H,22,23). The molecule has 132 valence electrons. The molecule has 7 nitrogen and oxygen atoms in total. The largest absolute Gasteiger partial charge is 0.507 e.